The molecule has 3 unspecified atom stereocenters. The van der Waals surface area contributed by atoms with E-state index in [9.17, 15) is 18.7 Å². The lowest BCUT2D eigenvalue weighted by Gasteiger charge is -2.45. The molecule has 2 aromatic rings. The first-order chi connectivity index (χ1) is 15.0. The normalized spacial score (nSPS) is 30.0. The Labute approximate surface area is 194 Å². The van der Waals surface area contributed by atoms with Gasteiger partial charge in [-0.05, 0) is 24.3 Å². The van der Waals surface area contributed by atoms with Gasteiger partial charge in [0.2, 0.25) is 5.60 Å². The number of carbonyl (C=O) groups excluding carboxylic acids is 1. The molecule has 0 aliphatic carbocycles. The number of epoxide rings is 1. The summed E-state index contributed by atoms with van der Waals surface area (Å²) in [6.07, 6.45) is 1.04. The molecule has 170 valence electrons. The lowest BCUT2D eigenvalue weighted by atomic mass is 9.86. The van der Waals surface area contributed by atoms with Crippen LogP contribution in [0.3, 0.4) is 0 Å². The molecule has 3 heterocycles. The van der Waals surface area contributed by atoms with Gasteiger partial charge in [-0.25, -0.2) is 13.6 Å². The fourth-order valence-electron chi connectivity index (χ4n) is 5.38. The lowest BCUT2D eigenvalue weighted by Crippen LogP contribution is -2.60. The summed E-state index contributed by atoms with van der Waals surface area (Å²) in [5.41, 5.74) is -2.68. The van der Waals surface area contributed by atoms with Crippen molar-refractivity contribution in [1.82, 2.24) is 0 Å². The van der Waals surface area contributed by atoms with Crippen LogP contribution in [-0.4, -0.2) is 60.0 Å². The third kappa shape index (κ3) is 3.25. The molecule has 0 aromatic heterocycles. The van der Waals surface area contributed by atoms with Gasteiger partial charge in [0.05, 0.1) is 24.1 Å². The quantitative estimate of drug-likeness (QED) is 0.407. The standard InChI is InChI=1S/C23H22Cl2F2NO4/c1-28(2)18-9-13(10-19(28)21-20(18)32-21)31-22(29)23(30,11-3-5-14(24)16(26)7-11)12-4-6-15(25)17(27)8-12/h3-8,13,18-21,30H,9-10H2,1-2H3/q+1/t13?,18-,19?,20-,21?/m0/s1. The Morgan fingerprint density at radius 3 is 1.94 bits per heavy atom. The minimum atomic E-state index is -2.45. The summed E-state index contributed by atoms with van der Waals surface area (Å²) in [7, 11) is 4.29. The van der Waals surface area contributed by atoms with Crippen LogP contribution in [0.15, 0.2) is 36.4 Å². The molecule has 5 nitrogen and oxygen atoms in total. The van der Waals surface area contributed by atoms with Crippen molar-refractivity contribution in [2.75, 3.05) is 14.1 Å². The number of piperidine rings is 1. The van der Waals surface area contributed by atoms with Gasteiger partial charge in [-0.2, -0.15) is 0 Å². The number of quaternary nitrogens is 1. The van der Waals surface area contributed by atoms with Crippen molar-refractivity contribution in [3.05, 3.63) is 69.2 Å². The number of likely N-dealkylation sites (N-methyl/N-ethyl adjacent to an activating group) is 1. The molecule has 2 aromatic carbocycles. The maximum Gasteiger partial charge on any atom is 0.347 e. The molecule has 32 heavy (non-hydrogen) atoms. The number of benzene rings is 2. The molecule has 0 radical (unpaired) electrons. The van der Waals surface area contributed by atoms with Gasteiger partial charge in [-0.1, -0.05) is 35.3 Å². The molecule has 3 aliphatic rings. The first-order valence-corrected chi connectivity index (χ1v) is 11.1. The summed E-state index contributed by atoms with van der Waals surface area (Å²) in [4.78, 5) is 13.4. The third-order valence-electron chi connectivity index (χ3n) is 7.28. The van der Waals surface area contributed by atoms with Crippen LogP contribution in [0.2, 0.25) is 10.0 Å². The van der Waals surface area contributed by atoms with Crippen LogP contribution in [0.1, 0.15) is 24.0 Å². The van der Waals surface area contributed by atoms with Crippen molar-refractivity contribution >= 4 is 29.2 Å². The van der Waals surface area contributed by atoms with Crippen molar-refractivity contribution in [3.63, 3.8) is 0 Å². The molecule has 0 spiro atoms. The average molecular weight is 485 g/mol. The average Bonchev–Trinajstić information content (AvgIpc) is 3.50. The first-order valence-electron chi connectivity index (χ1n) is 10.4. The summed E-state index contributed by atoms with van der Waals surface area (Å²) in [6.45, 7) is 0. The second kappa shape index (κ2) is 7.37. The van der Waals surface area contributed by atoms with Crippen molar-refractivity contribution in [1.29, 1.82) is 0 Å². The predicted molar refractivity (Wildman–Crippen MR) is 113 cm³/mol. The molecule has 2 bridgehead atoms. The fraction of sp³-hybridized carbons (Fsp3) is 0.435. The number of hydrogen-bond acceptors (Lipinski definition) is 4. The highest BCUT2D eigenvalue weighted by Crippen LogP contribution is 2.52. The number of ether oxygens (including phenoxy) is 2. The second-order valence-corrected chi connectivity index (χ2v) is 10.1. The number of aliphatic hydroxyl groups is 1. The number of hydrogen-bond donors (Lipinski definition) is 1. The van der Waals surface area contributed by atoms with Gasteiger partial charge in [0.15, 0.2) is 0 Å². The lowest BCUT2D eigenvalue weighted by molar-refractivity contribution is -0.938. The highest BCUT2D eigenvalue weighted by atomic mass is 35.5. The molecule has 0 amide bonds. The summed E-state index contributed by atoms with van der Waals surface area (Å²) in [5, 5.41) is 11.2. The maximum absolute atomic E-state index is 14.2. The van der Waals surface area contributed by atoms with Gasteiger partial charge in [0.1, 0.15) is 42.0 Å². The predicted octanol–water partition coefficient (Wildman–Crippen LogP) is 3.81. The molecule has 0 saturated carbocycles. The van der Waals surface area contributed by atoms with E-state index >= 15 is 0 Å². The zero-order chi connectivity index (χ0) is 23.0. The Balaban J connectivity index is 1.48. The van der Waals surface area contributed by atoms with E-state index in [2.05, 4.69) is 14.1 Å². The minimum absolute atomic E-state index is 0.118. The van der Waals surface area contributed by atoms with E-state index in [0.717, 1.165) is 16.6 Å². The fourth-order valence-corrected chi connectivity index (χ4v) is 5.62. The van der Waals surface area contributed by atoms with Gasteiger partial charge < -0.3 is 19.1 Å². The Morgan fingerprint density at radius 1 is 1.03 bits per heavy atom. The van der Waals surface area contributed by atoms with Crippen molar-refractivity contribution in [3.8, 4) is 0 Å². The van der Waals surface area contributed by atoms with Crippen LogP contribution < -0.4 is 0 Å². The van der Waals surface area contributed by atoms with E-state index in [1.54, 1.807) is 0 Å². The maximum atomic E-state index is 14.2. The Kier molecular flexibility index (Phi) is 5.08. The summed E-state index contributed by atoms with van der Waals surface area (Å²) in [6, 6.07) is 7.34. The van der Waals surface area contributed by atoms with Crippen LogP contribution in [0, 0.1) is 11.6 Å². The number of carbonyl (C=O) groups is 1. The number of halogens is 4. The largest absolute Gasteiger partial charge is 0.459 e. The highest BCUT2D eigenvalue weighted by Gasteiger charge is 2.71. The van der Waals surface area contributed by atoms with Gasteiger partial charge in [-0.3, -0.25) is 0 Å². The van der Waals surface area contributed by atoms with Crippen LogP contribution in [0.4, 0.5) is 8.78 Å². The summed E-state index contributed by atoms with van der Waals surface area (Å²) >= 11 is 11.6. The van der Waals surface area contributed by atoms with Gasteiger partial charge in [-0.15, -0.1) is 0 Å². The molecule has 3 saturated heterocycles. The van der Waals surface area contributed by atoms with E-state index < -0.39 is 29.3 Å². The minimum Gasteiger partial charge on any atom is -0.459 e. The first kappa shape index (κ1) is 22.0. The van der Waals surface area contributed by atoms with Crippen LogP contribution in [0.25, 0.3) is 0 Å². The number of nitrogens with zero attached hydrogens (tertiary/aromatic N) is 1. The summed E-state index contributed by atoms with van der Waals surface area (Å²) in [5.74, 6) is -2.65. The number of morpholine rings is 1. The van der Waals surface area contributed by atoms with Crippen molar-refractivity contribution < 1.29 is 32.6 Å². The van der Waals surface area contributed by atoms with Gasteiger partial charge in [0, 0.05) is 24.0 Å². The van der Waals surface area contributed by atoms with Crippen molar-refractivity contribution in [2.45, 2.75) is 48.8 Å². The molecule has 3 aliphatic heterocycles. The monoisotopic (exact) mass is 484 g/mol. The Morgan fingerprint density at radius 2 is 1.50 bits per heavy atom. The summed E-state index contributed by atoms with van der Waals surface area (Å²) < 4.78 is 40.8. The number of rotatable bonds is 4. The molecule has 5 rings (SSSR count). The highest BCUT2D eigenvalue weighted by molar-refractivity contribution is 6.31. The SMILES string of the molecule is C[N+]1(C)C2CC(OC(=O)C(O)(c3ccc(Cl)c(F)c3)c3ccc(Cl)c(F)c3)C[C@H]1[C@@H]1OC21. The zero-order valence-corrected chi connectivity index (χ0v) is 18.9. The third-order valence-corrected chi connectivity index (χ3v) is 7.90. The Hall–Kier alpha value is -1.77. The van der Waals surface area contributed by atoms with E-state index in [1.807, 2.05) is 0 Å². The van der Waals surface area contributed by atoms with E-state index in [-0.39, 0.29) is 45.5 Å². The number of esters is 1. The molecular formula is C23H22Cl2F2NO4+. The molecule has 3 fully saturated rings. The molecular weight excluding hydrogens is 463 g/mol. The topological polar surface area (TPSA) is 59.1 Å². The van der Waals surface area contributed by atoms with Crippen LogP contribution in [-0.2, 0) is 19.9 Å². The van der Waals surface area contributed by atoms with E-state index in [0.29, 0.717) is 12.8 Å². The Bertz CT molecular complexity index is 1040. The van der Waals surface area contributed by atoms with Gasteiger partial charge >= 0.3 is 5.97 Å². The number of fused-ring (bicyclic) bond motifs is 5. The second-order valence-electron chi connectivity index (χ2n) is 9.30. The van der Waals surface area contributed by atoms with E-state index in [1.165, 1.54) is 24.3 Å². The van der Waals surface area contributed by atoms with Crippen LogP contribution in [0.5, 0.6) is 0 Å². The molecule has 5 atom stereocenters. The molecule has 1 N–H and O–H groups in total. The van der Waals surface area contributed by atoms with Gasteiger partial charge in [0.25, 0.3) is 0 Å². The smallest absolute Gasteiger partial charge is 0.347 e. The zero-order valence-electron chi connectivity index (χ0n) is 17.4. The van der Waals surface area contributed by atoms with Crippen LogP contribution >= 0.6 is 23.2 Å². The molecule has 9 heteroatoms. The van der Waals surface area contributed by atoms with Crippen molar-refractivity contribution in [2.24, 2.45) is 0 Å². The van der Waals surface area contributed by atoms with E-state index in [4.69, 9.17) is 32.7 Å².